The molecule has 0 unspecified atom stereocenters. The maximum atomic E-state index is 11.8. The van der Waals surface area contributed by atoms with Crippen molar-refractivity contribution in [2.24, 2.45) is 0 Å². The number of carbonyl (C=O) groups excluding carboxylic acids is 1. The average Bonchev–Trinajstić information content (AvgIpc) is 2.69. The first-order valence-corrected chi connectivity index (χ1v) is 8.42. The normalized spacial score (nSPS) is 10.3. The van der Waals surface area contributed by atoms with Crippen molar-refractivity contribution >= 4 is 23.6 Å². The van der Waals surface area contributed by atoms with Gasteiger partial charge in [0, 0.05) is 6.08 Å². The smallest absolute Gasteiger partial charge is 0.330 e. The largest absolute Gasteiger partial charge is 0.493 e. The molecule has 0 amide bonds. The van der Waals surface area contributed by atoms with Crippen LogP contribution in [0, 0.1) is 11.3 Å². The summed E-state index contributed by atoms with van der Waals surface area (Å²) in [5.74, 6) is 0.961. The van der Waals surface area contributed by atoms with Gasteiger partial charge in [-0.25, -0.2) is 4.79 Å². The third kappa shape index (κ3) is 6.57. The molecule has 7 heteroatoms. The lowest BCUT2D eigenvalue weighted by Crippen LogP contribution is -2.10. The number of ether oxygens (including phenoxy) is 4. The molecule has 140 valence electrons. The summed E-state index contributed by atoms with van der Waals surface area (Å²) in [4.78, 5) is 11.8. The average molecular weight is 388 g/mol. The quantitative estimate of drug-likeness (QED) is 0.369. The molecule has 0 spiro atoms. The lowest BCUT2D eigenvalue weighted by molar-refractivity contribution is -0.138. The molecule has 6 nitrogen and oxygen atoms in total. The van der Waals surface area contributed by atoms with Crippen LogP contribution in [-0.2, 0) is 9.53 Å². The Kier molecular flexibility index (Phi) is 8.01. The third-order valence-corrected chi connectivity index (χ3v) is 3.63. The minimum absolute atomic E-state index is 0.0753. The van der Waals surface area contributed by atoms with Gasteiger partial charge in [-0.15, -0.1) is 0 Å². The molecule has 0 heterocycles. The summed E-state index contributed by atoms with van der Waals surface area (Å²) in [7, 11) is 1.50. The zero-order valence-corrected chi connectivity index (χ0v) is 15.4. The van der Waals surface area contributed by atoms with Crippen LogP contribution < -0.4 is 14.2 Å². The highest BCUT2D eigenvalue weighted by molar-refractivity contribution is 6.32. The minimum Gasteiger partial charge on any atom is -0.493 e. The Bertz CT molecular complexity index is 845. The molecule has 2 rings (SSSR count). The molecule has 0 fully saturated rings. The van der Waals surface area contributed by atoms with Crippen molar-refractivity contribution in [2.45, 2.75) is 0 Å². The van der Waals surface area contributed by atoms with Gasteiger partial charge in [-0.2, -0.15) is 5.26 Å². The van der Waals surface area contributed by atoms with E-state index in [0.29, 0.717) is 22.3 Å². The molecule has 0 N–H and O–H groups in total. The molecular weight excluding hydrogens is 370 g/mol. The van der Waals surface area contributed by atoms with E-state index < -0.39 is 5.97 Å². The highest BCUT2D eigenvalue weighted by Gasteiger charge is 2.05. The van der Waals surface area contributed by atoms with Gasteiger partial charge >= 0.3 is 5.97 Å². The van der Waals surface area contributed by atoms with Gasteiger partial charge in [0.05, 0.1) is 12.1 Å². The van der Waals surface area contributed by atoms with Crippen molar-refractivity contribution in [3.63, 3.8) is 0 Å². The SMILES string of the molecule is COc1cc(/C=C/C(=O)OCCOc2ccccc2Cl)ccc1OCC#N. The van der Waals surface area contributed by atoms with Gasteiger partial charge < -0.3 is 18.9 Å². The van der Waals surface area contributed by atoms with E-state index in [4.69, 9.17) is 35.8 Å². The molecule has 2 aromatic carbocycles. The topological polar surface area (TPSA) is 77.8 Å². The van der Waals surface area contributed by atoms with Crippen molar-refractivity contribution in [1.82, 2.24) is 0 Å². The molecule has 0 bridgehead atoms. The minimum atomic E-state index is -0.499. The fourth-order valence-electron chi connectivity index (χ4n) is 2.09. The van der Waals surface area contributed by atoms with Crippen LogP contribution in [-0.4, -0.2) is 32.9 Å². The maximum absolute atomic E-state index is 11.8. The Labute approximate surface area is 162 Å². The summed E-state index contributed by atoms with van der Waals surface area (Å²) in [6.07, 6.45) is 2.90. The van der Waals surface area contributed by atoms with Crippen LogP contribution >= 0.6 is 11.6 Å². The van der Waals surface area contributed by atoms with E-state index in [-0.39, 0.29) is 19.8 Å². The Morgan fingerprint density at radius 1 is 1.11 bits per heavy atom. The van der Waals surface area contributed by atoms with E-state index in [2.05, 4.69) is 0 Å². The molecule has 0 aliphatic rings. The fourth-order valence-corrected chi connectivity index (χ4v) is 2.28. The predicted molar refractivity (Wildman–Crippen MR) is 101 cm³/mol. The van der Waals surface area contributed by atoms with Crippen LogP contribution in [0.1, 0.15) is 5.56 Å². The van der Waals surface area contributed by atoms with Crippen LogP contribution in [0.15, 0.2) is 48.5 Å². The van der Waals surface area contributed by atoms with Crippen LogP contribution in [0.5, 0.6) is 17.2 Å². The molecule has 0 saturated heterocycles. The van der Waals surface area contributed by atoms with E-state index in [1.165, 1.54) is 13.2 Å². The molecule has 2 aromatic rings. The van der Waals surface area contributed by atoms with Gasteiger partial charge in [0.2, 0.25) is 0 Å². The highest BCUT2D eigenvalue weighted by atomic mass is 35.5. The number of benzene rings is 2. The van der Waals surface area contributed by atoms with E-state index >= 15 is 0 Å². The molecule has 0 atom stereocenters. The number of methoxy groups -OCH3 is 1. The fraction of sp³-hybridized carbons (Fsp3) is 0.200. The summed E-state index contributed by atoms with van der Waals surface area (Å²) in [6, 6.07) is 14.0. The van der Waals surface area contributed by atoms with Crippen LogP contribution in [0.25, 0.3) is 6.08 Å². The van der Waals surface area contributed by atoms with Gasteiger partial charge in [-0.1, -0.05) is 29.8 Å². The van der Waals surface area contributed by atoms with E-state index in [1.807, 2.05) is 6.07 Å². The molecular formula is C20H18ClNO5. The van der Waals surface area contributed by atoms with E-state index in [0.717, 1.165) is 5.56 Å². The third-order valence-electron chi connectivity index (χ3n) is 3.31. The summed E-state index contributed by atoms with van der Waals surface area (Å²) >= 11 is 5.97. The Hall–Kier alpha value is -3.17. The van der Waals surface area contributed by atoms with Gasteiger partial charge in [0.25, 0.3) is 0 Å². The number of nitrogens with zero attached hydrogens (tertiary/aromatic N) is 1. The monoisotopic (exact) mass is 387 g/mol. The number of rotatable bonds is 9. The number of nitriles is 1. The number of halogens is 1. The first-order valence-electron chi connectivity index (χ1n) is 8.04. The summed E-state index contributed by atoms with van der Waals surface area (Å²) in [5, 5.41) is 9.06. The zero-order valence-electron chi connectivity index (χ0n) is 14.7. The Balaban J connectivity index is 1.82. The second kappa shape index (κ2) is 10.7. The maximum Gasteiger partial charge on any atom is 0.330 e. The van der Waals surface area contributed by atoms with Crippen molar-refractivity contribution in [3.05, 3.63) is 59.1 Å². The number of para-hydroxylation sites is 1. The van der Waals surface area contributed by atoms with Crippen molar-refractivity contribution in [1.29, 1.82) is 5.26 Å². The number of hydrogen-bond donors (Lipinski definition) is 0. The number of carbonyl (C=O) groups is 1. The predicted octanol–water partition coefficient (Wildman–Crippen LogP) is 3.89. The first-order chi connectivity index (χ1) is 13.1. The van der Waals surface area contributed by atoms with E-state index in [1.54, 1.807) is 48.5 Å². The van der Waals surface area contributed by atoms with Crippen molar-refractivity contribution < 1.29 is 23.7 Å². The molecule has 0 aliphatic carbocycles. The summed E-state index contributed by atoms with van der Waals surface area (Å²) < 4.78 is 21.0. The van der Waals surface area contributed by atoms with E-state index in [9.17, 15) is 4.79 Å². The van der Waals surface area contributed by atoms with Gasteiger partial charge in [0.15, 0.2) is 18.1 Å². The molecule has 0 aromatic heterocycles. The summed E-state index contributed by atoms with van der Waals surface area (Å²) in [6.45, 7) is 0.217. The number of esters is 1. The zero-order chi connectivity index (χ0) is 19.5. The first kappa shape index (κ1) is 20.1. The van der Waals surface area contributed by atoms with Crippen molar-refractivity contribution in [2.75, 3.05) is 26.9 Å². The van der Waals surface area contributed by atoms with Crippen LogP contribution in [0.2, 0.25) is 5.02 Å². The molecule has 0 aliphatic heterocycles. The van der Waals surface area contributed by atoms with Crippen molar-refractivity contribution in [3.8, 4) is 23.3 Å². The second-order valence-electron chi connectivity index (χ2n) is 5.14. The van der Waals surface area contributed by atoms with Crippen LogP contribution in [0.3, 0.4) is 0 Å². The van der Waals surface area contributed by atoms with Gasteiger partial charge in [0.1, 0.15) is 25.0 Å². The lowest BCUT2D eigenvalue weighted by Gasteiger charge is -2.09. The van der Waals surface area contributed by atoms with Gasteiger partial charge in [-0.3, -0.25) is 0 Å². The van der Waals surface area contributed by atoms with Crippen LogP contribution in [0.4, 0.5) is 0 Å². The van der Waals surface area contributed by atoms with Gasteiger partial charge in [-0.05, 0) is 35.9 Å². The lowest BCUT2D eigenvalue weighted by atomic mass is 10.2. The second-order valence-corrected chi connectivity index (χ2v) is 5.54. The Morgan fingerprint density at radius 2 is 1.93 bits per heavy atom. The Morgan fingerprint density at radius 3 is 2.67 bits per heavy atom. The standard InChI is InChI=1S/C20H18ClNO5/c1-24-19-14-15(6-8-18(19)25-11-10-22)7-9-20(23)27-13-12-26-17-5-3-2-4-16(17)21/h2-9,14H,11-13H2,1H3/b9-7+. The number of hydrogen-bond acceptors (Lipinski definition) is 6. The molecule has 0 radical (unpaired) electrons. The highest BCUT2D eigenvalue weighted by Crippen LogP contribution is 2.28. The molecule has 27 heavy (non-hydrogen) atoms. The molecule has 0 saturated carbocycles. The summed E-state index contributed by atoms with van der Waals surface area (Å²) in [5.41, 5.74) is 0.723.